The van der Waals surface area contributed by atoms with Gasteiger partial charge in [-0.2, -0.15) is 0 Å². The zero-order valence-electron chi connectivity index (χ0n) is 10.1. The Bertz CT molecular complexity index is 471. The number of para-hydroxylation sites is 1. The van der Waals surface area contributed by atoms with Crippen LogP contribution in [0.1, 0.15) is 18.5 Å². The molecule has 0 fully saturated rings. The van der Waals surface area contributed by atoms with Crippen LogP contribution in [0.25, 0.3) is 0 Å². The number of rotatable bonds is 4. The number of hydrogen-bond donors (Lipinski definition) is 1. The molecule has 0 aliphatic carbocycles. The van der Waals surface area contributed by atoms with E-state index in [1.54, 1.807) is 6.20 Å². The molecule has 1 atom stereocenters. The molecule has 0 aliphatic heterocycles. The monoisotopic (exact) mass is 228 g/mol. The Morgan fingerprint density at radius 3 is 2.59 bits per heavy atom. The van der Waals surface area contributed by atoms with E-state index < -0.39 is 0 Å². The van der Waals surface area contributed by atoms with Gasteiger partial charge in [0.1, 0.15) is 5.75 Å². The van der Waals surface area contributed by atoms with E-state index in [0.717, 1.165) is 11.3 Å². The number of pyridine rings is 1. The first kappa shape index (κ1) is 11.6. The highest BCUT2D eigenvalue weighted by Crippen LogP contribution is 2.26. The lowest BCUT2D eigenvalue weighted by molar-refractivity contribution is 0.447. The van der Waals surface area contributed by atoms with Gasteiger partial charge in [0.05, 0.1) is 0 Å². The van der Waals surface area contributed by atoms with Gasteiger partial charge in [0.25, 0.3) is 0 Å². The first-order chi connectivity index (χ1) is 8.31. The second kappa shape index (κ2) is 5.46. The highest BCUT2D eigenvalue weighted by atomic mass is 16.5. The van der Waals surface area contributed by atoms with Gasteiger partial charge in [-0.15, -0.1) is 0 Å². The lowest BCUT2D eigenvalue weighted by atomic mass is 10.1. The number of aromatic nitrogens is 1. The maximum atomic E-state index is 5.78. The summed E-state index contributed by atoms with van der Waals surface area (Å²) in [5.41, 5.74) is 1.05. The van der Waals surface area contributed by atoms with E-state index in [-0.39, 0.29) is 6.04 Å². The van der Waals surface area contributed by atoms with Crippen LogP contribution in [0.5, 0.6) is 11.6 Å². The Morgan fingerprint density at radius 2 is 1.88 bits per heavy atom. The van der Waals surface area contributed by atoms with Gasteiger partial charge in [-0.05, 0) is 32.2 Å². The summed E-state index contributed by atoms with van der Waals surface area (Å²) < 4.78 is 5.78. The van der Waals surface area contributed by atoms with Gasteiger partial charge in [-0.25, -0.2) is 4.98 Å². The molecule has 88 valence electrons. The lowest BCUT2D eigenvalue weighted by Crippen LogP contribution is -2.13. The third-order valence-electron chi connectivity index (χ3n) is 2.66. The number of nitrogens with zero attached hydrogens (tertiary/aromatic N) is 1. The standard InChI is InChI=1S/C14H16N2O/c1-11(15-2)13-9-6-10-16-14(13)17-12-7-4-3-5-8-12/h3-11,15H,1-2H3. The van der Waals surface area contributed by atoms with Gasteiger partial charge in [0, 0.05) is 17.8 Å². The second-order valence-electron chi connectivity index (χ2n) is 3.82. The minimum Gasteiger partial charge on any atom is -0.439 e. The molecule has 1 aromatic carbocycles. The maximum Gasteiger partial charge on any atom is 0.223 e. The normalized spacial score (nSPS) is 12.1. The van der Waals surface area contributed by atoms with Gasteiger partial charge in [-0.1, -0.05) is 24.3 Å². The Labute approximate surface area is 101 Å². The SMILES string of the molecule is CNC(C)c1cccnc1Oc1ccccc1. The molecule has 0 radical (unpaired) electrons. The number of ether oxygens (including phenoxy) is 1. The minimum absolute atomic E-state index is 0.211. The van der Waals surface area contributed by atoms with Crippen LogP contribution < -0.4 is 10.1 Å². The van der Waals surface area contributed by atoms with Crippen molar-refractivity contribution in [1.29, 1.82) is 0 Å². The van der Waals surface area contributed by atoms with Crippen molar-refractivity contribution < 1.29 is 4.74 Å². The summed E-state index contributed by atoms with van der Waals surface area (Å²) in [6, 6.07) is 13.8. The molecule has 0 saturated heterocycles. The van der Waals surface area contributed by atoms with Crippen molar-refractivity contribution >= 4 is 0 Å². The van der Waals surface area contributed by atoms with Crippen LogP contribution in [-0.2, 0) is 0 Å². The molecular formula is C14H16N2O. The fraction of sp³-hybridized carbons (Fsp3) is 0.214. The molecule has 2 rings (SSSR count). The molecule has 3 heteroatoms. The highest BCUT2D eigenvalue weighted by molar-refractivity contribution is 5.33. The maximum absolute atomic E-state index is 5.78. The van der Waals surface area contributed by atoms with Gasteiger partial charge in [-0.3, -0.25) is 0 Å². The fourth-order valence-electron chi connectivity index (χ4n) is 1.57. The van der Waals surface area contributed by atoms with Gasteiger partial charge < -0.3 is 10.1 Å². The Balaban J connectivity index is 2.27. The average molecular weight is 228 g/mol. The quantitative estimate of drug-likeness (QED) is 0.872. The summed E-state index contributed by atoms with van der Waals surface area (Å²) in [5, 5.41) is 3.19. The summed E-state index contributed by atoms with van der Waals surface area (Å²) in [6.07, 6.45) is 1.74. The summed E-state index contributed by atoms with van der Waals surface area (Å²) in [6.45, 7) is 2.08. The van der Waals surface area contributed by atoms with Gasteiger partial charge in [0.2, 0.25) is 5.88 Å². The molecule has 1 aromatic heterocycles. The molecule has 1 N–H and O–H groups in total. The third-order valence-corrected chi connectivity index (χ3v) is 2.66. The predicted molar refractivity (Wildman–Crippen MR) is 68.2 cm³/mol. The van der Waals surface area contributed by atoms with Crippen molar-refractivity contribution in [2.75, 3.05) is 7.05 Å². The van der Waals surface area contributed by atoms with Crippen LogP contribution in [0.15, 0.2) is 48.7 Å². The van der Waals surface area contributed by atoms with Crippen molar-refractivity contribution in [3.05, 3.63) is 54.2 Å². The van der Waals surface area contributed by atoms with Crippen LogP contribution in [0.4, 0.5) is 0 Å². The van der Waals surface area contributed by atoms with Crippen molar-refractivity contribution in [3.63, 3.8) is 0 Å². The molecule has 17 heavy (non-hydrogen) atoms. The first-order valence-electron chi connectivity index (χ1n) is 5.66. The number of benzene rings is 1. The summed E-state index contributed by atoms with van der Waals surface area (Å²) in [5.74, 6) is 1.45. The second-order valence-corrected chi connectivity index (χ2v) is 3.82. The molecule has 3 nitrogen and oxygen atoms in total. The van der Waals surface area contributed by atoms with Crippen LogP contribution >= 0.6 is 0 Å². The van der Waals surface area contributed by atoms with Crippen LogP contribution in [-0.4, -0.2) is 12.0 Å². The van der Waals surface area contributed by atoms with Gasteiger partial charge >= 0.3 is 0 Å². The topological polar surface area (TPSA) is 34.2 Å². The van der Waals surface area contributed by atoms with E-state index >= 15 is 0 Å². The van der Waals surface area contributed by atoms with Crippen molar-refractivity contribution in [2.45, 2.75) is 13.0 Å². The van der Waals surface area contributed by atoms with E-state index in [1.807, 2.05) is 49.5 Å². The molecular weight excluding hydrogens is 212 g/mol. The molecule has 0 saturated carbocycles. The molecule has 0 amide bonds. The van der Waals surface area contributed by atoms with Crippen molar-refractivity contribution in [3.8, 4) is 11.6 Å². The Kier molecular flexibility index (Phi) is 3.73. The minimum atomic E-state index is 0.211. The predicted octanol–water partition coefficient (Wildman–Crippen LogP) is 3.15. The van der Waals surface area contributed by atoms with E-state index in [1.165, 1.54) is 0 Å². The third kappa shape index (κ3) is 2.82. The van der Waals surface area contributed by atoms with Crippen LogP contribution in [0.3, 0.4) is 0 Å². The fourth-order valence-corrected chi connectivity index (χ4v) is 1.57. The zero-order chi connectivity index (χ0) is 12.1. The molecule has 0 spiro atoms. The number of nitrogens with one attached hydrogen (secondary N) is 1. The Morgan fingerprint density at radius 1 is 1.12 bits per heavy atom. The molecule has 1 unspecified atom stereocenters. The summed E-state index contributed by atoms with van der Waals surface area (Å²) in [4.78, 5) is 4.28. The lowest BCUT2D eigenvalue weighted by Gasteiger charge is -2.14. The van der Waals surface area contributed by atoms with Crippen LogP contribution in [0, 0.1) is 0 Å². The number of hydrogen-bond acceptors (Lipinski definition) is 3. The average Bonchev–Trinajstić information content (AvgIpc) is 2.40. The molecule has 2 aromatic rings. The van der Waals surface area contributed by atoms with E-state index in [4.69, 9.17) is 4.74 Å². The Hall–Kier alpha value is -1.87. The zero-order valence-corrected chi connectivity index (χ0v) is 10.1. The van der Waals surface area contributed by atoms with E-state index in [9.17, 15) is 0 Å². The van der Waals surface area contributed by atoms with Crippen LogP contribution in [0.2, 0.25) is 0 Å². The van der Waals surface area contributed by atoms with Crippen molar-refractivity contribution in [1.82, 2.24) is 10.3 Å². The molecule has 1 heterocycles. The highest BCUT2D eigenvalue weighted by Gasteiger charge is 2.11. The van der Waals surface area contributed by atoms with E-state index in [0.29, 0.717) is 5.88 Å². The van der Waals surface area contributed by atoms with E-state index in [2.05, 4.69) is 17.2 Å². The van der Waals surface area contributed by atoms with Gasteiger partial charge in [0.15, 0.2) is 0 Å². The smallest absolute Gasteiger partial charge is 0.223 e. The summed E-state index contributed by atoms with van der Waals surface area (Å²) >= 11 is 0. The molecule has 0 aliphatic rings. The molecule has 0 bridgehead atoms. The first-order valence-corrected chi connectivity index (χ1v) is 5.66. The summed E-state index contributed by atoms with van der Waals surface area (Å²) in [7, 11) is 1.92. The van der Waals surface area contributed by atoms with Crippen molar-refractivity contribution in [2.24, 2.45) is 0 Å². The largest absolute Gasteiger partial charge is 0.439 e.